The van der Waals surface area contributed by atoms with Crippen LogP contribution in [0.2, 0.25) is 0 Å². The largest absolute Gasteiger partial charge is 0.411 e. The molecular weight excluding hydrogens is 273 g/mol. The second-order valence-electron chi connectivity index (χ2n) is 5.35. The Morgan fingerprint density at radius 3 is 2.80 bits per heavy atom. The lowest BCUT2D eigenvalue weighted by molar-refractivity contribution is -0.174. The zero-order chi connectivity index (χ0) is 15.0. The van der Waals surface area contributed by atoms with Gasteiger partial charge in [-0.3, -0.25) is 4.90 Å². The Kier molecular flexibility index (Phi) is 7.79. The molecule has 4 nitrogen and oxygen atoms in total. The molecule has 120 valence electrons. The molecule has 0 aromatic rings. The molecule has 0 aromatic carbocycles. The fourth-order valence-electron chi connectivity index (χ4n) is 2.10. The third-order valence-electron chi connectivity index (χ3n) is 3.11. The molecule has 1 unspecified atom stereocenters. The average Bonchev–Trinajstić information content (AvgIpc) is 2.35. The van der Waals surface area contributed by atoms with Gasteiger partial charge in [0.2, 0.25) is 0 Å². The molecule has 0 amide bonds. The highest BCUT2D eigenvalue weighted by Gasteiger charge is 2.27. The van der Waals surface area contributed by atoms with Gasteiger partial charge < -0.3 is 14.8 Å². The molecule has 0 aliphatic carbocycles. The van der Waals surface area contributed by atoms with Crippen molar-refractivity contribution >= 4 is 0 Å². The van der Waals surface area contributed by atoms with E-state index in [1.54, 1.807) is 0 Å². The van der Waals surface area contributed by atoms with Crippen molar-refractivity contribution in [2.75, 3.05) is 46.1 Å². The lowest BCUT2D eigenvalue weighted by Gasteiger charge is -2.36. The number of morpholine rings is 1. The fraction of sp³-hybridized carbons (Fsp3) is 1.00. The van der Waals surface area contributed by atoms with E-state index in [-0.39, 0.29) is 12.6 Å². The summed E-state index contributed by atoms with van der Waals surface area (Å²) in [5.41, 5.74) is 0. The van der Waals surface area contributed by atoms with Gasteiger partial charge in [-0.25, -0.2) is 0 Å². The molecule has 1 N–H and O–H groups in total. The van der Waals surface area contributed by atoms with Gasteiger partial charge in [0.25, 0.3) is 0 Å². The minimum Gasteiger partial charge on any atom is -0.378 e. The van der Waals surface area contributed by atoms with Crippen LogP contribution in [0.1, 0.15) is 20.3 Å². The lowest BCUT2D eigenvalue weighted by atomic mass is 10.2. The number of nitrogens with zero attached hydrogens (tertiary/aromatic N) is 1. The van der Waals surface area contributed by atoms with Gasteiger partial charge in [0.05, 0.1) is 13.2 Å². The molecule has 0 radical (unpaired) electrons. The molecule has 1 heterocycles. The van der Waals surface area contributed by atoms with Crippen molar-refractivity contribution in [3.63, 3.8) is 0 Å². The summed E-state index contributed by atoms with van der Waals surface area (Å²) in [7, 11) is 0. The summed E-state index contributed by atoms with van der Waals surface area (Å²) in [6.45, 7) is 6.90. The van der Waals surface area contributed by atoms with Gasteiger partial charge >= 0.3 is 6.18 Å². The third kappa shape index (κ3) is 8.04. The molecular formula is C13H25F3N2O2. The first kappa shape index (κ1) is 17.7. The van der Waals surface area contributed by atoms with Crippen molar-refractivity contribution in [3.05, 3.63) is 0 Å². The zero-order valence-corrected chi connectivity index (χ0v) is 12.2. The first-order valence-corrected chi connectivity index (χ1v) is 7.08. The summed E-state index contributed by atoms with van der Waals surface area (Å²) in [4.78, 5) is 2.26. The molecule has 1 saturated heterocycles. The van der Waals surface area contributed by atoms with Crippen molar-refractivity contribution in [3.8, 4) is 0 Å². The minimum absolute atomic E-state index is 0.140. The second kappa shape index (κ2) is 8.81. The predicted molar refractivity (Wildman–Crippen MR) is 70.8 cm³/mol. The Balaban J connectivity index is 2.18. The molecule has 0 saturated carbocycles. The van der Waals surface area contributed by atoms with E-state index in [1.165, 1.54) is 0 Å². The summed E-state index contributed by atoms with van der Waals surface area (Å²) < 4.78 is 45.8. The van der Waals surface area contributed by atoms with Crippen molar-refractivity contribution in [2.45, 2.75) is 38.5 Å². The van der Waals surface area contributed by atoms with Gasteiger partial charge in [-0.1, -0.05) is 13.8 Å². The second-order valence-corrected chi connectivity index (χ2v) is 5.35. The van der Waals surface area contributed by atoms with Crippen LogP contribution in [0.5, 0.6) is 0 Å². The van der Waals surface area contributed by atoms with Gasteiger partial charge in [0, 0.05) is 38.3 Å². The van der Waals surface area contributed by atoms with E-state index in [0.717, 1.165) is 19.6 Å². The Morgan fingerprint density at radius 1 is 1.40 bits per heavy atom. The zero-order valence-electron chi connectivity index (χ0n) is 12.2. The summed E-state index contributed by atoms with van der Waals surface area (Å²) in [5.74, 6) is 0. The molecule has 1 atom stereocenters. The lowest BCUT2D eigenvalue weighted by Crippen LogP contribution is -2.51. The van der Waals surface area contributed by atoms with E-state index in [0.29, 0.717) is 25.7 Å². The summed E-state index contributed by atoms with van der Waals surface area (Å²) in [6.07, 6.45) is -3.63. The van der Waals surface area contributed by atoms with E-state index < -0.39 is 12.8 Å². The highest BCUT2D eigenvalue weighted by atomic mass is 19.4. The molecule has 7 heteroatoms. The number of rotatable bonds is 8. The van der Waals surface area contributed by atoms with Crippen molar-refractivity contribution < 1.29 is 22.6 Å². The Bertz CT molecular complexity index is 262. The van der Waals surface area contributed by atoms with Crippen molar-refractivity contribution in [2.24, 2.45) is 0 Å². The maximum atomic E-state index is 11.9. The topological polar surface area (TPSA) is 33.7 Å². The number of hydrogen-bond donors (Lipinski definition) is 1. The first-order valence-electron chi connectivity index (χ1n) is 7.08. The van der Waals surface area contributed by atoms with Crippen LogP contribution in [-0.2, 0) is 9.47 Å². The van der Waals surface area contributed by atoms with Crippen LogP contribution in [0.15, 0.2) is 0 Å². The minimum atomic E-state index is -4.23. The SMILES string of the molecule is CC(C)NCC1COCCN1CCCOCC(F)(F)F. The quantitative estimate of drug-likeness (QED) is 0.691. The Labute approximate surface area is 118 Å². The summed E-state index contributed by atoms with van der Waals surface area (Å²) >= 11 is 0. The molecule has 0 spiro atoms. The van der Waals surface area contributed by atoms with E-state index >= 15 is 0 Å². The molecule has 1 fully saturated rings. The number of nitrogens with one attached hydrogen (secondary N) is 1. The first-order chi connectivity index (χ1) is 9.38. The van der Waals surface area contributed by atoms with Gasteiger partial charge in [-0.2, -0.15) is 13.2 Å². The van der Waals surface area contributed by atoms with E-state index in [4.69, 9.17) is 4.74 Å². The number of halogens is 3. The van der Waals surface area contributed by atoms with Crippen LogP contribution < -0.4 is 5.32 Å². The number of hydrogen-bond acceptors (Lipinski definition) is 4. The van der Waals surface area contributed by atoms with Crippen LogP contribution in [-0.4, -0.2) is 69.2 Å². The van der Waals surface area contributed by atoms with E-state index in [1.807, 2.05) is 0 Å². The normalized spacial score (nSPS) is 21.6. The molecule has 1 aliphatic rings. The molecule has 1 aliphatic heterocycles. The monoisotopic (exact) mass is 298 g/mol. The summed E-state index contributed by atoms with van der Waals surface area (Å²) in [6, 6.07) is 0.697. The molecule has 0 aromatic heterocycles. The number of ether oxygens (including phenoxy) is 2. The third-order valence-corrected chi connectivity index (χ3v) is 3.11. The smallest absolute Gasteiger partial charge is 0.378 e. The van der Waals surface area contributed by atoms with Crippen LogP contribution in [0.3, 0.4) is 0 Å². The van der Waals surface area contributed by atoms with Gasteiger partial charge in [-0.05, 0) is 6.42 Å². The standard InChI is InChI=1S/C13H25F3N2O2/c1-11(2)17-8-12-9-19-7-5-18(12)4-3-6-20-10-13(14,15)16/h11-12,17H,3-10H2,1-2H3. The van der Waals surface area contributed by atoms with E-state index in [9.17, 15) is 13.2 Å². The van der Waals surface area contributed by atoms with Crippen LogP contribution in [0.4, 0.5) is 13.2 Å². The predicted octanol–water partition coefficient (Wildman–Crippen LogP) is 1.65. The maximum Gasteiger partial charge on any atom is 0.411 e. The van der Waals surface area contributed by atoms with Gasteiger partial charge in [-0.15, -0.1) is 0 Å². The Morgan fingerprint density at radius 2 is 2.15 bits per heavy atom. The van der Waals surface area contributed by atoms with Crippen LogP contribution in [0, 0.1) is 0 Å². The molecule has 0 bridgehead atoms. The highest BCUT2D eigenvalue weighted by molar-refractivity contribution is 4.78. The van der Waals surface area contributed by atoms with Crippen LogP contribution in [0.25, 0.3) is 0 Å². The van der Waals surface area contributed by atoms with Crippen molar-refractivity contribution in [1.29, 1.82) is 0 Å². The molecule has 20 heavy (non-hydrogen) atoms. The van der Waals surface area contributed by atoms with E-state index in [2.05, 4.69) is 28.8 Å². The fourth-order valence-corrected chi connectivity index (χ4v) is 2.10. The molecule has 1 rings (SSSR count). The van der Waals surface area contributed by atoms with Crippen molar-refractivity contribution in [1.82, 2.24) is 10.2 Å². The highest BCUT2D eigenvalue weighted by Crippen LogP contribution is 2.14. The summed E-state index contributed by atoms with van der Waals surface area (Å²) in [5, 5.41) is 3.36. The van der Waals surface area contributed by atoms with Crippen LogP contribution >= 0.6 is 0 Å². The average molecular weight is 298 g/mol. The maximum absolute atomic E-state index is 11.9. The van der Waals surface area contributed by atoms with Gasteiger partial charge in [0.1, 0.15) is 6.61 Å². The Hall–Kier alpha value is -0.370. The van der Waals surface area contributed by atoms with Gasteiger partial charge in [0.15, 0.2) is 0 Å². The number of alkyl halides is 3.